The molecule has 0 saturated carbocycles. The molecule has 5 nitrogen and oxygen atoms in total. The molecule has 24 heavy (non-hydrogen) atoms. The van der Waals surface area contributed by atoms with Gasteiger partial charge in [0.15, 0.2) is 0 Å². The molecular weight excluding hydrogens is 322 g/mol. The Bertz CT molecular complexity index is 824. The molecule has 1 aromatic carbocycles. The summed E-state index contributed by atoms with van der Waals surface area (Å²) in [5, 5.41) is 3.25. The van der Waals surface area contributed by atoms with Crippen LogP contribution in [0.5, 0.6) is 0 Å². The number of benzene rings is 1. The Kier molecular flexibility index (Phi) is 4.49. The summed E-state index contributed by atoms with van der Waals surface area (Å²) in [5.41, 5.74) is 4.84. The van der Waals surface area contributed by atoms with Gasteiger partial charge < -0.3 is 14.6 Å². The third-order valence-corrected chi connectivity index (χ3v) is 4.57. The Morgan fingerprint density at radius 3 is 2.75 bits per heavy atom. The first kappa shape index (κ1) is 16.4. The van der Waals surface area contributed by atoms with E-state index in [4.69, 9.17) is 21.9 Å². The Hall–Kier alpha value is -2.47. The predicted octanol–water partition coefficient (Wildman–Crippen LogP) is 2.86. The molecule has 3 rings (SSSR count). The van der Waals surface area contributed by atoms with Crippen molar-refractivity contribution < 1.29 is 9.53 Å². The summed E-state index contributed by atoms with van der Waals surface area (Å²) < 4.78 is 6.83. The lowest BCUT2D eigenvalue weighted by atomic mass is 10.0. The van der Waals surface area contributed by atoms with Crippen LogP contribution in [-0.4, -0.2) is 34.4 Å². The molecule has 0 saturated heterocycles. The van der Waals surface area contributed by atoms with Crippen molar-refractivity contribution in [3.63, 3.8) is 0 Å². The summed E-state index contributed by atoms with van der Waals surface area (Å²) >= 11 is 5.48. The predicted molar refractivity (Wildman–Crippen MR) is 98.9 cm³/mol. The topological polar surface area (TPSA) is 55.6 Å². The average Bonchev–Trinajstić information content (AvgIpc) is 2.77. The van der Waals surface area contributed by atoms with Crippen molar-refractivity contribution in [3.8, 4) is 0 Å². The van der Waals surface area contributed by atoms with E-state index < -0.39 is 6.04 Å². The number of nitrogens with one attached hydrogen (secondary N) is 1. The highest BCUT2D eigenvalue weighted by Gasteiger charge is 2.28. The zero-order chi connectivity index (χ0) is 17.3. The van der Waals surface area contributed by atoms with Crippen molar-refractivity contribution in [1.82, 2.24) is 4.57 Å². The van der Waals surface area contributed by atoms with E-state index in [0.717, 1.165) is 28.2 Å². The minimum atomic E-state index is -0.445. The van der Waals surface area contributed by atoms with Gasteiger partial charge in [0.1, 0.15) is 11.0 Å². The van der Waals surface area contributed by atoms with E-state index in [1.54, 1.807) is 0 Å². The Labute approximate surface area is 146 Å². The van der Waals surface area contributed by atoms with E-state index in [-0.39, 0.29) is 12.4 Å². The van der Waals surface area contributed by atoms with E-state index in [1.807, 2.05) is 55.1 Å². The highest BCUT2D eigenvalue weighted by atomic mass is 32.1. The van der Waals surface area contributed by atoms with Crippen molar-refractivity contribution in [1.29, 1.82) is 0 Å². The lowest BCUT2D eigenvalue weighted by molar-refractivity contribution is -0.140. The molecule has 1 aliphatic heterocycles. The van der Waals surface area contributed by atoms with Gasteiger partial charge in [-0.1, -0.05) is 42.5 Å². The van der Waals surface area contributed by atoms with Crippen molar-refractivity contribution in [2.75, 3.05) is 12.4 Å². The van der Waals surface area contributed by atoms with Gasteiger partial charge in [0.25, 0.3) is 0 Å². The molecule has 0 bridgehead atoms. The number of aryl methyl sites for hydroxylation is 1. The molecule has 0 aliphatic carbocycles. The maximum absolute atomic E-state index is 11.7. The second-order valence-electron chi connectivity index (χ2n) is 5.74. The highest BCUT2D eigenvalue weighted by Crippen LogP contribution is 2.29. The third-order valence-electron chi connectivity index (χ3n) is 4.20. The lowest BCUT2D eigenvalue weighted by Gasteiger charge is -2.13. The van der Waals surface area contributed by atoms with E-state index in [9.17, 15) is 4.79 Å². The summed E-state index contributed by atoms with van der Waals surface area (Å²) in [6, 6.07) is 9.49. The molecule has 1 unspecified atom stereocenters. The van der Waals surface area contributed by atoms with Gasteiger partial charge >= 0.3 is 5.97 Å². The molecule has 2 heterocycles. The molecule has 0 spiro atoms. The largest absolute Gasteiger partial charge is 0.469 e. The summed E-state index contributed by atoms with van der Waals surface area (Å²) in [5.74, 6) is -0.329. The fourth-order valence-corrected chi connectivity index (χ4v) is 3.06. The van der Waals surface area contributed by atoms with Gasteiger partial charge in [-0.2, -0.15) is 0 Å². The summed E-state index contributed by atoms with van der Waals surface area (Å²) in [4.78, 5) is 17.1. The number of ether oxygens (including phenoxy) is 1. The zero-order valence-electron chi connectivity index (χ0n) is 13.9. The number of fused-ring (bicyclic) bond motifs is 1. The van der Waals surface area contributed by atoms with Crippen LogP contribution in [0.25, 0.3) is 0 Å². The number of nitrogens with zero attached hydrogens (tertiary/aromatic N) is 2. The van der Waals surface area contributed by atoms with Crippen LogP contribution < -0.4 is 5.32 Å². The molecule has 0 radical (unpaired) electrons. The van der Waals surface area contributed by atoms with Crippen LogP contribution in [0.1, 0.15) is 23.2 Å². The molecule has 0 fully saturated rings. The first-order valence-electron chi connectivity index (χ1n) is 7.68. The smallest absolute Gasteiger partial charge is 0.308 e. The fourth-order valence-electron chi connectivity index (χ4n) is 2.81. The number of hydrogen-bond donors (Lipinski definition) is 1. The van der Waals surface area contributed by atoms with E-state index in [2.05, 4.69) is 5.32 Å². The highest BCUT2D eigenvalue weighted by molar-refractivity contribution is 7.80. The molecule has 1 N–H and O–H groups in total. The normalized spacial score (nSPS) is 16.7. The number of aromatic nitrogens is 1. The maximum Gasteiger partial charge on any atom is 0.308 e. The Balaban J connectivity index is 2.16. The van der Waals surface area contributed by atoms with E-state index in [1.165, 1.54) is 7.11 Å². The SMILES string of the molecule is COC(=O)CC1N=C(c2ccccc2)c2c(cn(C)c2C)NC1=S. The second kappa shape index (κ2) is 6.57. The fraction of sp³-hybridized carbons (Fsp3) is 0.278. The molecule has 1 atom stereocenters. The molecule has 1 aliphatic rings. The van der Waals surface area contributed by atoms with E-state index in [0.29, 0.717) is 4.99 Å². The first-order valence-corrected chi connectivity index (χ1v) is 8.09. The number of carbonyl (C=O) groups excluding carboxylic acids is 1. The number of hydrogen-bond acceptors (Lipinski definition) is 4. The van der Waals surface area contributed by atoms with Crippen LogP contribution >= 0.6 is 12.2 Å². The third kappa shape index (κ3) is 2.97. The minimum absolute atomic E-state index is 0.119. The molecule has 1 aromatic heterocycles. The van der Waals surface area contributed by atoms with Gasteiger partial charge in [0.05, 0.1) is 24.9 Å². The van der Waals surface area contributed by atoms with Crippen molar-refractivity contribution in [3.05, 3.63) is 53.3 Å². The number of aliphatic imine (C=N–C) groups is 1. The van der Waals surface area contributed by atoms with Crippen LogP contribution in [0.15, 0.2) is 41.5 Å². The number of carbonyl (C=O) groups is 1. The van der Waals surface area contributed by atoms with Gasteiger partial charge in [-0.15, -0.1) is 0 Å². The maximum atomic E-state index is 11.7. The zero-order valence-corrected chi connectivity index (χ0v) is 14.7. The lowest BCUT2D eigenvalue weighted by Crippen LogP contribution is -2.27. The number of anilines is 1. The van der Waals surface area contributed by atoms with E-state index >= 15 is 0 Å². The van der Waals surface area contributed by atoms with Crippen molar-refractivity contribution in [2.24, 2.45) is 12.0 Å². The van der Waals surface area contributed by atoms with Crippen LogP contribution in [0.3, 0.4) is 0 Å². The Morgan fingerprint density at radius 2 is 2.08 bits per heavy atom. The summed E-state index contributed by atoms with van der Waals surface area (Å²) in [6.45, 7) is 2.04. The van der Waals surface area contributed by atoms with Gasteiger partial charge in [-0.05, 0) is 6.92 Å². The second-order valence-corrected chi connectivity index (χ2v) is 6.18. The monoisotopic (exact) mass is 341 g/mol. The molecule has 6 heteroatoms. The van der Waals surface area contributed by atoms with Gasteiger partial charge in [0.2, 0.25) is 0 Å². The standard InChI is InChI=1S/C18H19N3O2S/c1-11-16-14(10-21(11)2)20-18(24)13(9-15(22)23-3)19-17(16)12-7-5-4-6-8-12/h4-8,10,13H,9H2,1-3H3,(H,20,24). The van der Waals surface area contributed by atoms with Gasteiger partial charge in [-0.25, -0.2) is 0 Å². The molecular formula is C18H19N3O2S. The average molecular weight is 341 g/mol. The number of thiocarbonyl (C=S) groups is 1. The van der Waals surface area contributed by atoms with Crippen LogP contribution in [0.4, 0.5) is 5.69 Å². The van der Waals surface area contributed by atoms with Gasteiger partial charge in [-0.3, -0.25) is 9.79 Å². The molecule has 124 valence electrons. The minimum Gasteiger partial charge on any atom is -0.469 e. The van der Waals surface area contributed by atoms with Crippen molar-refractivity contribution >= 4 is 34.6 Å². The van der Waals surface area contributed by atoms with Crippen LogP contribution in [0.2, 0.25) is 0 Å². The Morgan fingerprint density at radius 1 is 1.38 bits per heavy atom. The van der Waals surface area contributed by atoms with Crippen LogP contribution in [-0.2, 0) is 16.6 Å². The number of rotatable bonds is 3. The number of esters is 1. The molecule has 0 amide bonds. The summed E-state index contributed by atoms with van der Waals surface area (Å²) in [6.07, 6.45) is 2.12. The first-order chi connectivity index (χ1) is 11.5. The van der Waals surface area contributed by atoms with Gasteiger partial charge in [0, 0.05) is 30.1 Å². The van der Waals surface area contributed by atoms with Crippen LogP contribution in [0, 0.1) is 6.92 Å². The number of methoxy groups -OCH3 is 1. The van der Waals surface area contributed by atoms with Crippen molar-refractivity contribution in [2.45, 2.75) is 19.4 Å². The quantitative estimate of drug-likeness (QED) is 0.689. The summed E-state index contributed by atoms with van der Waals surface area (Å²) in [7, 11) is 3.36. The molecule has 2 aromatic rings.